The molecule has 1 aliphatic carbocycles. The van der Waals surface area contributed by atoms with Crippen LogP contribution in [0.4, 0.5) is 14.5 Å². The van der Waals surface area contributed by atoms with Crippen molar-refractivity contribution in [3.63, 3.8) is 0 Å². The molecule has 2 aliphatic rings. The van der Waals surface area contributed by atoms with Gasteiger partial charge in [-0.15, -0.1) is 0 Å². The highest BCUT2D eigenvalue weighted by atomic mass is 35.5. The first-order valence-electron chi connectivity index (χ1n) is 16.4. The summed E-state index contributed by atoms with van der Waals surface area (Å²) >= 11 is 12.6. The summed E-state index contributed by atoms with van der Waals surface area (Å²) in [6, 6.07) is 14.8. The van der Waals surface area contributed by atoms with Crippen LogP contribution in [0.3, 0.4) is 0 Å². The second-order valence-corrected chi connectivity index (χ2v) is 15.3. The predicted molar refractivity (Wildman–Crippen MR) is 184 cm³/mol. The molecule has 48 heavy (non-hydrogen) atoms. The van der Waals surface area contributed by atoms with Crippen molar-refractivity contribution in [3.8, 4) is 6.07 Å². The lowest BCUT2D eigenvalue weighted by Gasteiger charge is -2.44. The number of aromatic carboxylic acids is 1. The second kappa shape index (κ2) is 14.2. The summed E-state index contributed by atoms with van der Waals surface area (Å²) in [4.78, 5) is 28.4. The number of nitrogens with zero attached hydrogens (tertiary/aromatic N) is 2. The Labute approximate surface area is 291 Å². The lowest BCUT2D eigenvalue weighted by atomic mass is 9.62. The molecule has 1 saturated carbocycles. The third-order valence-electron chi connectivity index (χ3n) is 10.2. The molecule has 2 fully saturated rings. The van der Waals surface area contributed by atoms with Crippen molar-refractivity contribution in [1.29, 1.82) is 5.26 Å². The summed E-state index contributed by atoms with van der Waals surface area (Å²) in [5.41, 5.74) is -1.69. The molecule has 1 saturated heterocycles. The third-order valence-corrected chi connectivity index (χ3v) is 10.7. The van der Waals surface area contributed by atoms with Gasteiger partial charge in [-0.1, -0.05) is 81.4 Å². The minimum absolute atomic E-state index is 0.0370. The van der Waals surface area contributed by atoms with E-state index in [4.69, 9.17) is 23.2 Å². The van der Waals surface area contributed by atoms with Crippen molar-refractivity contribution in [2.24, 2.45) is 11.3 Å². The molecule has 10 heteroatoms. The van der Waals surface area contributed by atoms with Gasteiger partial charge in [0.25, 0.3) is 0 Å². The number of halogens is 4. The van der Waals surface area contributed by atoms with E-state index in [1.54, 1.807) is 6.07 Å². The van der Waals surface area contributed by atoms with Crippen molar-refractivity contribution >= 4 is 40.8 Å². The van der Waals surface area contributed by atoms with Crippen LogP contribution in [0.25, 0.3) is 0 Å². The van der Waals surface area contributed by atoms with Crippen LogP contribution in [-0.4, -0.2) is 40.0 Å². The Balaban J connectivity index is 1.82. The molecule has 0 bridgehead atoms. The molecule has 1 heterocycles. The second-order valence-electron chi connectivity index (χ2n) is 14.4. The highest BCUT2D eigenvalue weighted by Crippen LogP contribution is 2.58. The molecule has 254 valence electrons. The Kier molecular flexibility index (Phi) is 10.6. The maximum Gasteiger partial charge on any atom is 0.335 e. The molecule has 0 spiro atoms. The fourth-order valence-corrected chi connectivity index (χ4v) is 8.39. The van der Waals surface area contributed by atoms with E-state index in [1.165, 1.54) is 48.5 Å². The van der Waals surface area contributed by atoms with E-state index in [0.29, 0.717) is 12.1 Å². The molecular weight excluding hydrogens is 655 g/mol. The van der Waals surface area contributed by atoms with Crippen LogP contribution in [0, 0.1) is 34.3 Å². The summed E-state index contributed by atoms with van der Waals surface area (Å²) in [5.74, 6) is -4.14. The van der Waals surface area contributed by atoms with E-state index in [2.05, 4.69) is 23.2 Å². The number of carbonyl (C=O) groups excluding carboxylic acids is 1. The summed E-state index contributed by atoms with van der Waals surface area (Å²) in [6.07, 6.45) is 5.41. The van der Waals surface area contributed by atoms with Crippen LogP contribution >= 0.6 is 23.2 Å². The number of likely N-dealkylation sites (tertiary alicyclic amines) is 1. The van der Waals surface area contributed by atoms with Gasteiger partial charge < -0.3 is 10.4 Å². The number of amides is 1. The zero-order valence-corrected chi connectivity index (χ0v) is 29.1. The fraction of sp³-hybridized carbons (Fsp3) is 0.447. The van der Waals surface area contributed by atoms with Gasteiger partial charge in [0.1, 0.15) is 17.0 Å². The normalized spacial score (nSPS) is 24.2. The molecule has 5 rings (SSSR count). The quantitative estimate of drug-likeness (QED) is 0.245. The van der Waals surface area contributed by atoms with E-state index in [1.807, 2.05) is 20.8 Å². The van der Waals surface area contributed by atoms with Gasteiger partial charge in [-0.25, -0.2) is 13.6 Å². The van der Waals surface area contributed by atoms with Crippen molar-refractivity contribution in [3.05, 3.63) is 99.0 Å². The minimum Gasteiger partial charge on any atom is -0.478 e. The van der Waals surface area contributed by atoms with Crippen LogP contribution in [0.5, 0.6) is 0 Å². The summed E-state index contributed by atoms with van der Waals surface area (Å²) in [7, 11) is 0. The lowest BCUT2D eigenvalue weighted by molar-refractivity contribution is -0.122. The summed E-state index contributed by atoms with van der Waals surface area (Å²) in [5, 5.41) is 23.8. The molecule has 6 nitrogen and oxygen atoms in total. The molecule has 0 radical (unpaired) electrons. The van der Waals surface area contributed by atoms with Gasteiger partial charge in [-0.05, 0) is 85.5 Å². The van der Waals surface area contributed by atoms with E-state index in [9.17, 15) is 20.0 Å². The minimum atomic E-state index is -1.76. The van der Waals surface area contributed by atoms with Gasteiger partial charge in [0.05, 0.1) is 22.7 Å². The number of hydrogen-bond donors (Lipinski definition) is 2. The van der Waals surface area contributed by atoms with Gasteiger partial charge >= 0.3 is 5.97 Å². The molecule has 3 aromatic rings. The number of carbonyl (C=O) groups is 2. The molecule has 0 aromatic heterocycles. The van der Waals surface area contributed by atoms with Crippen LogP contribution in [0.2, 0.25) is 10.0 Å². The Morgan fingerprint density at radius 2 is 1.73 bits per heavy atom. The van der Waals surface area contributed by atoms with E-state index >= 15 is 8.78 Å². The number of anilines is 1. The SMILES string of the molecule is CC(C1CCCCC1)N1[C@@H](CC(C)(C)C)[C@](C#N)(c2ccc(Cl)cc2F)[C@@H](c2cccc(Cl)c2F)[C@@H]1C(=O)Nc1ccc(C(=O)O)cc1. The van der Waals surface area contributed by atoms with Crippen LogP contribution in [-0.2, 0) is 10.2 Å². The standard InChI is InChI=1S/C38H41Cl2F2N3O3/c1-22(23-9-6-5-7-10-23)45-31(20-37(2,3)4)38(21-43,28-18-15-25(39)19-30(28)41)32(27-11-8-12-29(40)33(27)42)34(45)35(46)44-26-16-13-24(14-17-26)36(47)48/h8,11-19,22-23,31-32,34H,5-7,9-10,20H2,1-4H3,(H,44,46)(H,47,48)/t22?,31-,32-,34+,38-/m0/s1. The number of hydrogen-bond acceptors (Lipinski definition) is 4. The monoisotopic (exact) mass is 695 g/mol. The van der Waals surface area contributed by atoms with Gasteiger partial charge in [-0.3, -0.25) is 9.69 Å². The molecule has 1 amide bonds. The van der Waals surface area contributed by atoms with Crippen molar-refractivity contribution < 1.29 is 23.5 Å². The topological polar surface area (TPSA) is 93.4 Å². The van der Waals surface area contributed by atoms with Crippen LogP contribution in [0.1, 0.15) is 93.6 Å². The zero-order chi connectivity index (χ0) is 35.0. The average Bonchev–Trinajstić information content (AvgIpc) is 3.31. The summed E-state index contributed by atoms with van der Waals surface area (Å²) in [6.45, 7) is 8.15. The van der Waals surface area contributed by atoms with Gasteiger partial charge in [0, 0.05) is 34.3 Å². The number of rotatable bonds is 8. The molecule has 1 aliphatic heterocycles. The van der Waals surface area contributed by atoms with Crippen LogP contribution in [0.15, 0.2) is 60.7 Å². The lowest BCUT2D eigenvalue weighted by Crippen LogP contribution is -2.54. The molecule has 2 N–H and O–H groups in total. The molecule has 5 atom stereocenters. The Bertz CT molecular complexity index is 1720. The van der Waals surface area contributed by atoms with E-state index in [-0.39, 0.29) is 38.7 Å². The maximum atomic E-state index is 16.4. The van der Waals surface area contributed by atoms with Gasteiger partial charge in [-0.2, -0.15) is 5.26 Å². The van der Waals surface area contributed by atoms with Crippen molar-refractivity contribution in [2.75, 3.05) is 5.32 Å². The van der Waals surface area contributed by atoms with E-state index in [0.717, 1.165) is 38.2 Å². The molecule has 1 unspecified atom stereocenters. The van der Waals surface area contributed by atoms with Gasteiger partial charge in [0.2, 0.25) is 5.91 Å². The average molecular weight is 697 g/mol. The first kappa shape index (κ1) is 35.8. The maximum absolute atomic E-state index is 16.4. The first-order valence-corrected chi connectivity index (χ1v) is 17.2. The van der Waals surface area contributed by atoms with Crippen molar-refractivity contribution in [2.45, 2.75) is 95.7 Å². The third kappa shape index (κ3) is 6.83. The first-order chi connectivity index (χ1) is 22.7. The Morgan fingerprint density at radius 3 is 2.31 bits per heavy atom. The van der Waals surface area contributed by atoms with Gasteiger partial charge in [0.15, 0.2) is 0 Å². The zero-order valence-electron chi connectivity index (χ0n) is 27.6. The Morgan fingerprint density at radius 1 is 1.06 bits per heavy atom. The predicted octanol–water partition coefficient (Wildman–Crippen LogP) is 9.61. The fourth-order valence-electron chi connectivity index (χ4n) is 8.05. The number of benzene rings is 3. The van der Waals surface area contributed by atoms with E-state index < -0.39 is 52.3 Å². The largest absolute Gasteiger partial charge is 0.478 e. The number of nitrogens with one attached hydrogen (secondary N) is 1. The highest BCUT2D eigenvalue weighted by Gasteiger charge is 2.66. The highest BCUT2D eigenvalue weighted by molar-refractivity contribution is 6.31. The number of nitriles is 1. The number of carboxylic acids is 1. The molecular formula is C38H41Cl2F2N3O3. The Hall–Kier alpha value is -3.51. The summed E-state index contributed by atoms with van der Waals surface area (Å²) < 4.78 is 32.7. The van der Waals surface area contributed by atoms with Crippen molar-refractivity contribution in [1.82, 2.24) is 4.90 Å². The van der Waals surface area contributed by atoms with Crippen LogP contribution < -0.4 is 5.32 Å². The number of carboxylic acid groups (broad SMARTS) is 1. The molecule has 3 aromatic carbocycles. The smallest absolute Gasteiger partial charge is 0.335 e.